The topological polar surface area (TPSA) is 0 Å². The molecule has 0 unspecified atom stereocenters. The van der Waals surface area contributed by atoms with Crippen LogP contribution in [0.1, 0.15) is 38.9 Å². The Morgan fingerprint density at radius 3 is 1.70 bits per heavy atom. The van der Waals surface area contributed by atoms with Gasteiger partial charge >= 0.3 is 0 Å². The molecule has 0 aromatic heterocycles. The summed E-state index contributed by atoms with van der Waals surface area (Å²) in [4.78, 5) is 0. The maximum Gasteiger partial charge on any atom is -0.00181 e. The summed E-state index contributed by atoms with van der Waals surface area (Å²) in [5, 5.41) is 8.75. The van der Waals surface area contributed by atoms with E-state index in [-0.39, 0.29) is 0 Å². The van der Waals surface area contributed by atoms with Crippen molar-refractivity contribution in [3.8, 4) is 0 Å². The summed E-state index contributed by atoms with van der Waals surface area (Å²) in [6, 6.07) is 7.01. The molecular formula is C23H24. The fourth-order valence-electron chi connectivity index (χ4n) is 4.48. The van der Waals surface area contributed by atoms with Crippen LogP contribution in [0.4, 0.5) is 0 Å². The molecule has 4 aromatic rings. The lowest BCUT2D eigenvalue weighted by atomic mass is 9.81. The summed E-state index contributed by atoms with van der Waals surface area (Å²) in [6.07, 6.45) is 0. The quantitative estimate of drug-likeness (QED) is 0.315. The molecule has 4 aromatic carbocycles. The third-order valence-corrected chi connectivity index (χ3v) is 6.19. The summed E-state index contributed by atoms with van der Waals surface area (Å²) < 4.78 is 0. The Balaban J connectivity index is 2.56. The molecule has 23 heavy (non-hydrogen) atoms. The molecule has 116 valence electrons. The van der Waals surface area contributed by atoms with Crippen LogP contribution in [0.3, 0.4) is 0 Å². The third kappa shape index (κ3) is 1.62. The first-order chi connectivity index (χ1) is 10.8. The minimum absolute atomic E-state index is 1.39. The summed E-state index contributed by atoms with van der Waals surface area (Å²) in [7, 11) is 0. The number of hydrogen-bond donors (Lipinski definition) is 0. The lowest BCUT2D eigenvalue weighted by molar-refractivity contribution is 1.33. The van der Waals surface area contributed by atoms with E-state index in [1.165, 1.54) is 71.3 Å². The lowest BCUT2D eigenvalue weighted by Crippen LogP contribution is -1.99. The van der Waals surface area contributed by atoms with Gasteiger partial charge in [-0.05, 0) is 120 Å². The lowest BCUT2D eigenvalue weighted by Gasteiger charge is -2.23. The van der Waals surface area contributed by atoms with E-state index in [4.69, 9.17) is 0 Å². The second-order valence-electron chi connectivity index (χ2n) is 7.30. The second-order valence-corrected chi connectivity index (χ2v) is 7.30. The van der Waals surface area contributed by atoms with Crippen LogP contribution in [-0.4, -0.2) is 0 Å². The molecule has 0 radical (unpaired) electrons. The summed E-state index contributed by atoms with van der Waals surface area (Å²) in [6.45, 7) is 15.9. The van der Waals surface area contributed by atoms with E-state index in [2.05, 4.69) is 66.7 Å². The highest BCUT2D eigenvalue weighted by Gasteiger charge is 2.20. The van der Waals surface area contributed by atoms with Crippen LogP contribution in [0.15, 0.2) is 18.2 Å². The normalized spacial score (nSPS) is 12.1. The van der Waals surface area contributed by atoms with Crippen LogP contribution in [0.25, 0.3) is 32.3 Å². The van der Waals surface area contributed by atoms with Crippen LogP contribution >= 0.6 is 0 Å². The van der Waals surface area contributed by atoms with Crippen molar-refractivity contribution in [3.05, 3.63) is 57.1 Å². The zero-order chi connectivity index (χ0) is 16.6. The van der Waals surface area contributed by atoms with Crippen molar-refractivity contribution < 1.29 is 0 Å². The molecule has 0 heteroatoms. The molecule has 0 N–H and O–H groups in total. The van der Waals surface area contributed by atoms with Crippen molar-refractivity contribution in [1.82, 2.24) is 0 Å². The van der Waals surface area contributed by atoms with Gasteiger partial charge in [-0.3, -0.25) is 0 Å². The Hall–Kier alpha value is -2.08. The van der Waals surface area contributed by atoms with Crippen LogP contribution in [-0.2, 0) is 0 Å². The van der Waals surface area contributed by atoms with E-state index < -0.39 is 0 Å². The first-order valence-corrected chi connectivity index (χ1v) is 8.49. The first kappa shape index (κ1) is 14.5. The van der Waals surface area contributed by atoms with E-state index in [0.717, 1.165) is 0 Å². The van der Waals surface area contributed by atoms with Crippen molar-refractivity contribution in [3.63, 3.8) is 0 Å². The fourth-order valence-corrected chi connectivity index (χ4v) is 4.48. The Morgan fingerprint density at radius 1 is 0.435 bits per heavy atom. The van der Waals surface area contributed by atoms with Crippen molar-refractivity contribution in [2.45, 2.75) is 48.5 Å². The smallest absolute Gasteiger partial charge is 0.00181 e. The van der Waals surface area contributed by atoms with Crippen LogP contribution in [0, 0.1) is 48.5 Å². The molecule has 0 fully saturated rings. The maximum absolute atomic E-state index is 2.40. The van der Waals surface area contributed by atoms with E-state index >= 15 is 0 Å². The monoisotopic (exact) mass is 300 g/mol. The average molecular weight is 300 g/mol. The van der Waals surface area contributed by atoms with Gasteiger partial charge in [0.05, 0.1) is 0 Å². The molecule has 0 amide bonds. The number of benzene rings is 4. The molecule has 0 nitrogen and oxygen atoms in total. The number of rotatable bonds is 0. The molecule has 4 rings (SSSR count). The minimum atomic E-state index is 1.39. The third-order valence-electron chi connectivity index (χ3n) is 6.19. The van der Waals surface area contributed by atoms with Crippen molar-refractivity contribution in [2.24, 2.45) is 0 Å². The van der Waals surface area contributed by atoms with Crippen molar-refractivity contribution in [1.29, 1.82) is 0 Å². The van der Waals surface area contributed by atoms with Crippen molar-refractivity contribution >= 4 is 32.3 Å². The van der Waals surface area contributed by atoms with Gasteiger partial charge in [0.2, 0.25) is 0 Å². The van der Waals surface area contributed by atoms with Gasteiger partial charge in [-0.2, -0.15) is 0 Å². The molecule has 0 spiro atoms. The number of aryl methyl sites for hydroxylation is 7. The van der Waals surface area contributed by atoms with Crippen LogP contribution in [0.2, 0.25) is 0 Å². The summed E-state index contributed by atoms with van der Waals surface area (Å²) >= 11 is 0. The first-order valence-electron chi connectivity index (χ1n) is 8.49. The van der Waals surface area contributed by atoms with Gasteiger partial charge in [0.25, 0.3) is 0 Å². The molecule has 0 atom stereocenters. The Labute approximate surface area is 138 Å². The highest BCUT2D eigenvalue weighted by molar-refractivity contribution is 6.27. The summed E-state index contributed by atoms with van der Waals surface area (Å²) in [5.41, 5.74) is 9.97. The average Bonchev–Trinajstić information content (AvgIpc) is 2.52. The van der Waals surface area contributed by atoms with E-state index in [0.29, 0.717) is 0 Å². The van der Waals surface area contributed by atoms with Crippen LogP contribution < -0.4 is 0 Å². The summed E-state index contributed by atoms with van der Waals surface area (Å²) in [5.74, 6) is 0. The van der Waals surface area contributed by atoms with Gasteiger partial charge in [0.15, 0.2) is 0 Å². The van der Waals surface area contributed by atoms with Gasteiger partial charge in [-0.25, -0.2) is 0 Å². The van der Waals surface area contributed by atoms with Gasteiger partial charge in [-0.15, -0.1) is 0 Å². The maximum atomic E-state index is 2.40. The van der Waals surface area contributed by atoms with E-state index in [9.17, 15) is 0 Å². The number of hydrogen-bond acceptors (Lipinski definition) is 0. The second kappa shape index (κ2) is 4.47. The Kier molecular flexibility index (Phi) is 2.82. The SMILES string of the molecule is Cc1cc2c(C)c(C)c3c(C)ccc4c(C)c(C)c(c1C)c2c43. The van der Waals surface area contributed by atoms with Gasteiger partial charge in [0, 0.05) is 0 Å². The standard InChI is InChI=1S/C23H24/c1-11-8-9-18-14(4)17(7)21-13(3)12(2)10-19-15(5)16(6)20(11)22(18)23(19)21/h8-10H,1-7H3. The zero-order valence-electron chi connectivity index (χ0n) is 15.2. The predicted molar refractivity (Wildman–Crippen MR) is 103 cm³/mol. The highest BCUT2D eigenvalue weighted by Crippen LogP contribution is 2.44. The van der Waals surface area contributed by atoms with Gasteiger partial charge < -0.3 is 0 Å². The molecule has 0 aliphatic heterocycles. The fraction of sp³-hybridized carbons (Fsp3) is 0.304. The van der Waals surface area contributed by atoms with Crippen LogP contribution in [0.5, 0.6) is 0 Å². The molecule has 0 bridgehead atoms. The molecule has 0 heterocycles. The van der Waals surface area contributed by atoms with E-state index in [1.54, 1.807) is 0 Å². The Morgan fingerprint density at radius 2 is 1.00 bits per heavy atom. The molecule has 0 aliphatic carbocycles. The predicted octanol–water partition coefficient (Wildman–Crippen LogP) is 6.74. The minimum Gasteiger partial charge on any atom is -0.0581 e. The van der Waals surface area contributed by atoms with E-state index in [1.807, 2.05) is 0 Å². The van der Waals surface area contributed by atoms with Gasteiger partial charge in [-0.1, -0.05) is 18.2 Å². The highest BCUT2D eigenvalue weighted by atomic mass is 14.2. The molecule has 0 aliphatic rings. The zero-order valence-corrected chi connectivity index (χ0v) is 15.2. The molecule has 0 saturated carbocycles. The Bertz CT molecular complexity index is 1110. The molecular weight excluding hydrogens is 276 g/mol. The van der Waals surface area contributed by atoms with Gasteiger partial charge in [0.1, 0.15) is 0 Å². The largest absolute Gasteiger partial charge is 0.0581 e. The van der Waals surface area contributed by atoms with Crippen molar-refractivity contribution in [2.75, 3.05) is 0 Å². The molecule has 0 saturated heterocycles.